The van der Waals surface area contributed by atoms with E-state index < -0.39 is 0 Å². The summed E-state index contributed by atoms with van der Waals surface area (Å²) < 4.78 is 7.23. The highest BCUT2D eigenvalue weighted by atomic mass is 127. The van der Waals surface area contributed by atoms with E-state index >= 15 is 0 Å². The standard InChI is InChI=1S/C15H12BrIO2S/c1-2-19-15(18)10-3-6-12(7-4-10)20-14-8-5-11(16)9-13(14)17/h3-9H,2H2,1H3. The molecular weight excluding hydrogens is 451 g/mol. The van der Waals surface area contributed by atoms with Crippen LogP contribution in [0.15, 0.2) is 56.7 Å². The van der Waals surface area contributed by atoms with Crippen LogP contribution in [0.2, 0.25) is 0 Å². The van der Waals surface area contributed by atoms with E-state index in [-0.39, 0.29) is 5.97 Å². The lowest BCUT2D eigenvalue weighted by Gasteiger charge is -2.06. The number of hydrogen-bond donors (Lipinski definition) is 0. The van der Waals surface area contributed by atoms with Crippen LogP contribution >= 0.6 is 50.3 Å². The molecule has 0 saturated carbocycles. The van der Waals surface area contributed by atoms with Gasteiger partial charge in [-0.3, -0.25) is 0 Å². The first-order chi connectivity index (χ1) is 9.60. The van der Waals surface area contributed by atoms with E-state index in [1.165, 1.54) is 8.47 Å². The summed E-state index contributed by atoms with van der Waals surface area (Å²) in [6.07, 6.45) is 0. The quantitative estimate of drug-likeness (QED) is 0.450. The maximum absolute atomic E-state index is 11.6. The second kappa shape index (κ2) is 7.47. The Morgan fingerprint density at radius 2 is 1.95 bits per heavy atom. The topological polar surface area (TPSA) is 26.3 Å². The molecule has 0 unspecified atom stereocenters. The van der Waals surface area contributed by atoms with Crippen molar-refractivity contribution in [3.63, 3.8) is 0 Å². The van der Waals surface area contributed by atoms with Crippen molar-refractivity contribution in [3.8, 4) is 0 Å². The molecule has 2 aromatic rings. The average Bonchev–Trinajstić information content (AvgIpc) is 2.43. The van der Waals surface area contributed by atoms with Gasteiger partial charge >= 0.3 is 5.97 Å². The van der Waals surface area contributed by atoms with Gasteiger partial charge in [0, 0.05) is 17.8 Å². The number of carbonyl (C=O) groups excluding carboxylic acids is 1. The maximum atomic E-state index is 11.6. The fraction of sp³-hybridized carbons (Fsp3) is 0.133. The van der Waals surface area contributed by atoms with Crippen LogP contribution in [-0.2, 0) is 4.74 Å². The molecule has 0 aliphatic heterocycles. The van der Waals surface area contributed by atoms with E-state index in [1.54, 1.807) is 30.8 Å². The Balaban J connectivity index is 2.12. The molecular formula is C15H12BrIO2S. The lowest BCUT2D eigenvalue weighted by Crippen LogP contribution is -2.03. The van der Waals surface area contributed by atoms with Crippen molar-refractivity contribution in [3.05, 3.63) is 56.1 Å². The lowest BCUT2D eigenvalue weighted by atomic mass is 10.2. The van der Waals surface area contributed by atoms with E-state index in [4.69, 9.17) is 4.74 Å². The minimum absolute atomic E-state index is 0.276. The smallest absolute Gasteiger partial charge is 0.338 e. The molecule has 0 atom stereocenters. The number of rotatable bonds is 4. The van der Waals surface area contributed by atoms with Gasteiger partial charge in [-0.15, -0.1) is 0 Å². The van der Waals surface area contributed by atoms with Crippen LogP contribution in [-0.4, -0.2) is 12.6 Å². The third-order valence-electron chi connectivity index (χ3n) is 2.49. The number of hydrogen-bond acceptors (Lipinski definition) is 3. The van der Waals surface area contributed by atoms with E-state index in [1.807, 2.05) is 18.2 Å². The zero-order valence-electron chi connectivity index (χ0n) is 10.7. The van der Waals surface area contributed by atoms with E-state index in [0.29, 0.717) is 12.2 Å². The van der Waals surface area contributed by atoms with Gasteiger partial charge in [0.2, 0.25) is 0 Å². The molecule has 0 aromatic heterocycles. The number of carbonyl (C=O) groups is 1. The molecule has 0 spiro atoms. The summed E-state index contributed by atoms with van der Waals surface area (Å²) in [5.41, 5.74) is 0.585. The molecule has 0 aliphatic carbocycles. The summed E-state index contributed by atoms with van der Waals surface area (Å²) in [7, 11) is 0. The molecule has 0 aliphatic rings. The largest absolute Gasteiger partial charge is 0.462 e. The number of halogens is 2. The molecule has 0 saturated heterocycles. The summed E-state index contributed by atoms with van der Waals surface area (Å²) in [4.78, 5) is 13.9. The predicted octanol–water partition coefficient (Wildman–Crippen LogP) is 5.38. The Morgan fingerprint density at radius 3 is 2.55 bits per heavy atom. The van der Waals surface area contributed by atoms with Gasteiger partial charge < -0.3 is 4.74 Å². The van der Waals surface area contributed by atoms with Crippen LogP contribution in [0, 0.1) is 3.57 Å². The SMILES string of the molecule is CCOC(=O)c1ccc(Sc2ccc(Br)cc2I)cc1. The Hall–Kier alpha value is -0.530. The van der Waals surface area contributed by atoms with Crippen molar-refractivity contribution < 1.29 is 9.53 Å². The second-order valence-corrected chi connectivity index (χ2v) is 7.11. The van der Waals surface area contributed by atoms with Gasteiger partial charge in [-0.2, -0.15) is 0 Å². The molecule has 2 aromatic carbocycles. The van der Waals surface area contributed by atoms with Gasteiger partial charge in [-0.1, -0.05) is 27.7 Å². The minimum Gasteiger partial charge on any atom is -0.462 e. The highest BCUT2D eigenvalue weighted by Crippen LogP contribution is 2.32. The van der Waals surface area contributed by atoms with Crippen LogP contribution in [0.1, 0.15) is 17.3 Å². The molecule has 0 bridgehead atoms. The van der Waals surface area contributed by atoms with Crippen molar-refractivity contribution in [2.24, 2.45) is 0 Å². The third kappa shape index (κ3) is 4.23. The Bertz CT molecular complexity index is 614. The Labute approximate surface area is 144 Å². The number of benzene rings is 2. The zero-order chi connectivity index (χ0) is 14.5. The summed E-state index contributed by atoms with van der Waals surface area (Å²) in [5, 5.41) is 0. The number of ether oxygens (including phenoxy) is 1. The fourth-order valence-corrected chi connectivity index (χ4v) is 4.01. The highest BCUT2D eigenvalue weighted by Gasteiger charge is 2.07. The summed E-state index contributed by atoms with van der Waals surface area (Å²) in [6.45, 7) is 2.20. The molecule has 0 N–H and O–H groups in total. The van der Waals surface area contributed by atoms with E-state index in [9.17, 15) is 4.79 Å². The second-order valence-electron chi connectivity index (χ2n) is 3.92. The molecule has 0 heterocycles. The zero-order valence-corrected chi connectivity index (χ0v) is 15.3. The van der Waals surface area contributed by atoms with Gasteiger partial charge in [-0.25, -0.2) is 4.79 Å². The van der Waals surface area contributed by atoms with Crippen LogP contribution < -0.4 is 0 Å². The summed E-state index contributed by atoms with van der Waals surface area (Å²) in [6, 6.07) is 13.7. The minimum atomic E-state index is -0.276. The van der Waals surface area contributed by atoms with Crippen molar-refractivity contribution in [2.45, 2.75) is 16.7 Å². The maximum Gasteiger partial charge on any atom is 0.338 e. The third-order valence-corrected chi connectivity index (χ3v) is 5.32. The van der Waals surface area contributed by atoms with Crippen molar-refractivity contribution in [1.29, 1.82) is 0 Å². The summed E-state index contributed by atoms with van der Waals surface area (Å²) >= 11 is 7.45. The van der Waals surface area contributed by atoms with Gasteiger partial charge in [0.05, 0.1) is 12.2 Å². The Morgan fingerprint density at radius 1 is 1.25 bits per heavy atom. The first-order valence-corrected chi connectivity index (χ1v) is 8.69. The fourth-order valence-electron chi connectivity index (χ4n) is 1.56. The normalized spacial score (nSPS) is 10.3. The van der Waals surface area contributed by atoms with Crippen molar-refractivity contribution in [1.82, 2.24) is 0 Å². The molecule has 0 radical (unpaired) electrons. The molecule has 2 rings (SSSR count). The average molecular weight is 463 g/mol. The first-order valence-electron chi connectivity index (χ1n) is 6.00. The van der Waals surface area contributed by atoms with Crippen molar-refractivity contribution >= 4 is 56.3 Å². The lowest BCUT2D eigenvalue weighted by molar-refractivity contribution is 0.0526. The molecule has 104 valence electrons. The number of esters is 1. The van der Waals surface area contributed by atoms with Crippen LogP contribution in [0.3, 0.4) is 0 Å². The monoisotopic (exact) mass is 462 g/mol. The van der Waals surface area contributed by atoms with E-state index in [2.05, 4.69) is 50.7 Å². The molecule has 0 fully saturated rings. The summed E-state index contributed by atoms with van der Waals surface area (Å²) in [5.74, 6) is -0.276. The van der Waals surface area contributed by atoms with Crippen molar-refractivity contribution in [2.75, 3.05) is 6.61 Å². The van der Waals surface area contributed by atoms with Gasteiger partial charge in [-0.05, 0) is 72.0 Å². The van der Waals surface area contributed by atoms with Gasteiger partial charge in [0.1, 0.15) is 0 Å². The highest BCUT2D eigenvalue weighted by molar-refractivity contribution is 14.1. The molecule has 0 amide bonds. The molecule has 5 heteroatoms. The van der Waals surface area contributed by atoms with E-state index in [0.717, 1.165) is 9.37 Å². The van der Waals surface area contributed by atoms with Crippen LogP contribution in [0.4, 0.5) is 0 Å². The Kier molecular flexibility index (Phi) is 5.92. The molecule has 2 nitrogen and oxygen atoms in total. The predicted molar refractivity (Wildman–Crippen MR) is 93.4 cm³/mol. The van der Waals surface area contributed by atoms with Gasteiger partial charge in [0.15, 0.2) is 0 Å². The first kappa shape index (κ1) is 15.9. The molecule has 20 heavy (non-hydrogen) atoms. The van der Waals surface area contributed by atoms with Crippen LogP contribution in [0.25, 0.3) is 0 Å². The van der Waals surface area contributed by atoms with Crippen LogP contribution in [0.5, 0.6) is 0 Å². The van der Waals surface area contributed by atoms with Gasteiger partial charge in [0.25, 0.3) is 0 Å².